The zero-order valence-corrected chi connectivity index (χ0v) is 12.3. The van der Waals surface area contributed by atoms with E-state index < -0.39 is 14.9 Å². The van der Waals surface area contributed by atoms with Crippen LogP contribution in [-0.4, -0.2) is 55.3 Å². The van der Waals surface area contributed by atoms with E-state index in [4.69, 9.17) is 0 Å². The van der Waals surface area contributed by atoms with Crippen LogP contribution in [0.15, 0.2) is 41.8 Å². The van der Waals surface area contributed by atoms with E-state index in [9.17, 15) is 18.5 Å². The van der Waals surface area contributed by atoms with Crippen molar-refractivity contribution in [1.29, 1.82) is 0 Å². The molecule has 0 saturated carbocycles. The average molecular weight is 311 g/mol. The highest BCUT2D eigenvalue weighted by Crippen LogP contribution is 2.21. The highest BCUT2D eigenvalue weighted by molar-refractivity contribution is 7.89. The number of hydrogen-bond donors (Lipinski definition) is 0. The fraction of sp³-hybridized carbons (Fsp3) is 0.385. The molecule has 0 amide bonds. The van der Waals surface area contributed by atoms with Crippen molar-refractivity contribution < 1.29 is 13.3 Å². The standard InChI is InChI=1S/C13H17N3O4S/c1-2-6-14-7-9-15(10-8-14)21(19,20)13-5-3-4-12(11-13)16(17)18/h2-5,11H,1,6-10H2. The van der Waals surface area contributed by atoms with Crippen molar-refractivity contribution in [2.24, 2.45) is 0 Å². The quantitative estimate of drug-likeness (QED) is 0.462. The number of sulfonamides is 1. The van der Waals surface area contributed by atoms with Crippen molar-refractivity contribution >= 4 is 15.7 Å². The molecule has 1 aliphatic heterocycles. The molecule has 0 unspecified atom stereocenters. The van der Waals surface area contributed by atoms with E-state index in [2.05, 4.69) is 11.5 Å². The van der Waals surface area contributed by atoms with Gasteiger partial charge in [-0.05, 0) is 6.07 Å². The number of rotatable bonds is 5. The molecule has 0 aromatic heterocycles. The topological polar surface area (TPSA) is 83.8 Å². The summed E-state index contributed by atoms with van der Waals surface area (Å²) in [5.74, 6) is 0. The van der Waals surface area contributed by atoms with Gasteiger partial charge >= 0.3 is 0 Å². The second kappa shape index (κ2) is 6.33. The van der Waals surface area contributed by atoms with Crippen molar-refractivity contribution in [3.05, 3.63) is 47.0 Å². The van der Waals surface area contributed by atoms with Gasteiger partial charge in [0.2, 0.25) is 10.0 Å². The first-order valence-electron chi connectivity index (χ1n) is 6.53. The first-order valence-corrected chi connectivity index (χ1v) is 7.97. The SMILES string of the molecule is C=CCN1CCN(S(=O)(=O)c2cccc([N+](=O)[O-])c2)CC1. The zero-order chi connectivity index (χ0) is 15.5. The molecule has 0 bridgehead atoms. The molecule has 114 valence electrons. The van der Waals surface area contributed by atoms with Gasteiger partial charge in [0, 0.05) is 44.9 Å². The van der Waals surface area contributed by atoms with Gasteiger partial charge in [0.1, 0.15) is 0 Å². The summed E-state index contributed by atoms with van der Waals surface area (Å²) in [6.45, 7) is 6.38. The Hall–Kier alpha value is -1.77. The van der Waals surface area contributed by atoms with Crippen LogP contribution in [0.4, 0.5) is 5.69 Å². The Morgan fingerprint density at radius 2 is 1.95 bits per heavy atom. The van der Waals surface area contributed by atoms with Gasteiger partial charge < -0.3 is 0 Å². The Labute approximate surface area is 123 Å². The van der Waals surface area contributed by atoms with Crippen molar-refractivity contribution in [3.8, 4) is 0 Å². The molecule has 2 rings (SSSR count). The maximum Gasteiger partial charge on any atom is 0.270 e. The Balaban J connectivity index is 2.17. The zero-order valence-electron chi connectivity index (χ0n) is 11.5. The molecule has 1 aromatic rings. The molecule has 0 atom stereocenters. The fourth-order valence-electron chi connectivity index (χ4n) is 2.24. The van der Waals surface area contributed by atoms with Crippen molar-refractivity contribution in [1.82, 2.24) is 9.21 Å². The third kappa shape index (κ3) is 3.46. The third-order valence-corrected chi connectivity index (χ3v) is 5.28. The van der Waals surface area contributed by atoms with Gasteiger partial charge in [0.15, 0.2) is 0 Å². The number of nitro benzene ring substituents is 1. The molecule has 1 saturated heterocycles. The van der Waals surface area contributed by atoms with Crippen LogP contribution in [0.5, 0.6) is 0 Å². The molecule has 8 heteroatoms. The van der Waals surface area contributed by atoms with Gasteiger partial charge in [0.05, 0.1) is 9.82 Å². The van der Waals surface area contributed by atoms with Crippen molar-refractivity contribution in [3.63, 3.8) is 0 Å². The molecule has 1 aromatic carbocycles. The summed E-state index contributed by atoms with van der Waals surface area (Å²) in [6, 6.07) is 5.16. The molecular formula is C13H17N3O4S. The van der Waals surface area contributed by atoms with E-state index in [-0.39, 0.29) is 10.6 Å². The van der Waals surface area contributed by atoms with E-state index in [0.717, 1.165) is 12.6 Å². The van der Waals surface area contributed by atoms with Crippen LogP contribution >= 0.6 is 0 Å². The van der Waals surface area contributed by atoms with Crippen LogP contribution < -0.4 is 0 Å². The molecule has 21 heavy (non-hydrogen) atoms. The lowest BCUT2D eigenvalue weighted by Crippen LogP contribution is -2.48. The number of benzene rings is 1. The molecule has 0 aliphatic carbocycles. The van der Waals surface area contributed by atoms with E-state index >= 15 is 0 Å². The third-order valence-electron chi connectivity index (χ3n) is 3.38. The molecule has 1 aliphatic rings. The summed E-state index contributed by atoms with van der Waals surface area (Å²) in [5, 5.41) is 10.8. The van der Waals surface area contributed by atoms with Crippen LogP contribution in [-0.2, 0) is 10.0 Å². The smallest absolute Gasteiger partial charge is 0.270 e. The molecule has 1 heterocycles. The maximum atomic E-state index is 12.5. The number of nitrogens with zero attached hydrogens (tertiary/aromatic N) is 3. The number of hydrogen-bond acceptors (Lipinski definition) is 5. The molecule has 0 spiro atoms. The fourth-order valence-corrected chi connectivity index (χ4v) is 3.70. The van der Waals surface area contributed by atoms with Crippen molar-refractivity contribution in [2.45, 2.75) is 4.90 Å². The summed E-state index contributed by atoms with van der Waals surface area (Å²) in [7, 11) is -3.68. The largest absolute Gasteiger partial charge is 0.297 e. The van der Waals surface area contributed by atoms with E-state index in [0.29, 0.717) is 26.2 Å². The Bertz CT molecular complexity index is 637. The van der Waals surface area contributed by atoms with Gasteiger partial charge in [0.25, 0.3) is 5.69 Å². The van der Waals surface area contributed by atoms with Crippen LogP contribution in [0.1, 0.15) is 0 Å². The second-order valence-electron chi connectivity index (χ2n) is 4.75. The highest BCUT2D eigenvalue weighted by atomic mass is 32.2. The van der Waals surface area contributed by atoms with Crippen LogP contribution in [0, 0.1) is 10.1 Å². The van der Waals surface area contributed by atoms with Gasteiger partial charge in [-0.15, -0.1) is 6.58 Å². The molecule has 0 radical (unpaired) electrons. The average Bonchev–Trinajstić information content (AvgIpc) is 2.48. The van der Waals surface area contributed by atoms with Gasteiger partial charge in [-0.25, -0.2) is 8.42 Å². The number of nitro groups is 1. The Kier molecular flexibility index (Phi) is 4.71. The lowest BCUT2D eigenvalue weighted by atomic mass is 10.3. The minimum Gasteiger partial charge on any atom is -0.297 e. The summed E-state index contributed by atoms with van der Waals surface area (Å²) in [4.78, 5) is 12.2. The summed E-state index contributed by atoms with van der Waals surface area (Å²) >= 11 is 0. The minimum absolute atomic E-state index is 0.0335. The second-order valence-corrected chi connectivity index (χ2v) is 6.69. The minimum atomic E-state index is -3.68. The molecule has 7 nitrogen and oxygen atoms in total. The summed E-state index contributed by atoms with van der Waals surface area (Å²) < 4.78 is 26.3. The van der Waals surface area contributed by atoms with Crippen LogP contribution in [0.2, 0.25) is 0 Å². The van der Waals surface area contributed by atoms with E-state index in [1.54, 1.807) is 6.08 Å². The Morgan fingerprint density at radius 3 is 2.52 bits per heavy atom. The lowest BCUT2D eigenvalue weighted by Gasteiger charge is -2.33. The molecule has 1 fully saturated rings. The van der Waals surface area contributed by atoms with Crippen LogP contribution in [0.3, 0.4) is 0 Å². The number of non-ortho nitro benzene ring substituents is 1. The first-order chi connectivity index (χ1) is 9.95. The molecular weight excluding hydrogens is 294 g/mol. The summed E-state index contributed by atoms with van der Waals surface area (Å²) in [6.07, 6.45) is 1.78. The predicted octanol–water partition coefficient (Wildman–Crippen LogP) is 1.09. The monoisotopic (exact) mass is 311 g/mol. The predicted molar refractivity (Wildman–Crippen MR) is 78.5 cm³/mol. The summed E-state index contributed by atoms with van der Waals surface area (Å²) in [5.41, 5.74) is -0.221. The first kappa shape index (κ1) is 15.6. The maximum absolute atomic E-state index is 12.5. The van der Waals surface area contributed by atoms with Gasteiger partial charge in [-0.1, -0.05) is 12.1 Å². The normalized spacial score (nSPS) is 17.5. The lowest BCUT2D eigenvalue weighted by molar-refractivity contribution is -0.385. The Morgan fingerprint density at radius 1 is 1.29 bits per heavy atom. The number of piperazine rings is 1. The van der Waals surface area contributed by atoms with Gasteiger partial charge in [-0.2, -0.15) is 4.31 Å². The van der Waals surface area contributed by atoms with Gasteiger partial charge in [-0.3, -0.25) is 15.0 Å². The van der Waals surface area contributed by atoms with Crippen LogP contribution in [0.25, 0.3) is 0 Å². The molecule has 0 N–H and O–H groups in total. The highest BCUT2D eigenvalue weighted by Gasteiger charge is 2.29. The van der Waals surface area contributed by atoms with E-state index in [1.165, 1.54) is 22.5 Å². The van der Waals surface area contributed by atoms with Crippen molar-refractivity contribution in [2.75, 3.05) is 32.7 Å². The van der Waals surface area contributed by atoms with E-state index in [1.807, 2.05) is 0 Å².